The van der Waals surface area contributed by atoms with Gasteiger partial charge < -0.3 is 9.64 Å². The number of hydrogen-bond donors (Lipinski definition) is 0. The van der Waals surface area contributed by atoms with Gasteiger partial charge in [-0.2, -0.15) is 5.10 Å². The van der Waals surface area contributed by atoms with E-state index in [1.165, 1.54) is 23.3 Å². The number of halogens is 1. The molecule has 41 heavy (non-hydrogen) atoms. The van der Waals surface area contributed by atoms with Gasteiger partial charge in [0.2, 0.25) is 0 Å². The van der Waals surface area contributed by atoms with Gasteiger partial charge in [0, 0.05) is 36.6 Å². The summed E-state index contributed by atoms with van der Waals surface area (Å²) >= 11 is 0. The van der Waals surface area contributed by atoms with E-state index in [0.29, 0.717) is 13.1 Å². The highest BCUT2D eigenvalue weighted by molar-refractivity contribution is 5.94. The molecule has 7 rings (SSSR count). The average molecular weight is 546 g/mol. The minimum Gasteiger partial charge on any atom is -0.373 e. The Morgan fingerprint density at radius 1 is 0.976 bits per heavy atom. The van der Waals surface area contributed by atoms with Gasteiger partial charge in [0.25, 0.3) is 5.91 Å². The lowest BCUT2D eigenvalue weighted by Crippen LogP contribution is -2.38. The molecule has 3 atom stereocenters. The maximum absolute atomic E-state index is 13.7. The summed E-state index contributed by atoms with van der Waals surface area (Å²) in [5, 5.41) is 5.69. The SMILES string of the molecule is CO[C@]1(c2ccccc2)C[C@@H]2CN(C(=O)c3ccccc3)C[C@]2(c2cc3cnn(-c4ccc(F)cc4)c3cc2C)C1. The number of amides is 1. The molecule has 2 heterocycles. The van der Waals surface area contributed by atoms with Crippen LogP contribution in [-0.4, -0.2) is 40.8 Å². The van der Waals surface area contributed by atoms with Gasteiger partial charge >= 0.3 is 0 Å². The van der Waals surface area contributed by atoms with Gasteiger partial charge in [-0.3, -0.25) is 4.79 Å². The first-order valence-corrected chi connectivity index (χ1v) is 14.1. The number of methoxy groups -OCH3 is 1. The molecular weight excluding hydrogens is 513 g/mol. The number of aromatic nitrogens is 2. The fourth-order valence-electron chi connectivity index (χ4n) is 7.47. The zero-order valence-electron chi connectivity index (χ0n) is 23.3. The Balaban J connectivity index is 1.34. The Morgan fingerprint density at radius 3 is 2.39 bits per heavy atom. The minimum absolute atomic E-state index is 0.0740. The van der Waals surface area contributed by atoms with Crippen molar-refractivity contribution >= 4 is 16.8 Å². The number of aryl methyl sites for hydroxylation is 1. The average Bonchev–Trinajstić information content (AvgIpc) is 3.67. The van der Waals surface area contributed by atoms with Crippen LogP contribution in [0, 0.1) is 18.7 Å². The van der Waals surface area contributed by atoms with Crippen LogP contribution in [0.3, 0.4) is 0 Å². The molecule has 2 aliphatic rings. The van der Waals surface area contributed by atoms with E-state index in [4.69, 9.17) is 4.74 Å². The van der Waals surface area contributed by atoms with Gasteiger partial charge in [0.15, 0.2) is 0 Å². The Bertz CT molecular complexity index is 1730. The van der Waals surface area contributed by atoms with Gasteiger partial charge in [-0.25, -0.2) is 9.07 Å². The first-order valence-electron chi connectivity index (χ1n) is 14.1. The molecule has 1 saturated carbocycles. The van der Waals surface area contributed by atoms with Crippen LogP contribution in [0.2, 0.25) is 0 Å². The van der Waals surface area contributed by atoms with Crippen molar-refractivity contribution in [2.75, 3.05) is 20.2 Å². The zero-order valence-corrected chi connectivity index (χ0v) is 23.3. The number of likely N-dealkylation sites (tertiary alicyclic amines) is 1. The maximum atomic E-state index is 13.7. The van der Waals surface area contributed by atoms with E-state index in [-0.39, 0.29) is 23.1 Å². The molecule has 0 bridgehead atoms. The van der Waals surface area contributed by atoms with Crippen LogP contribution in [0.4, 0.5) is 4.39 Å². The number of benzene rings is 4. The zero-order chi connectivity index (χ0) is 28.2. The van der Waals surface area contributed by atoms with Crippen molar-refractivity contribution in [3.8, 4) is 5.69 Å². The summed E-state index contributed by atoms with van der Waals surface area (Å²) in [5.41, 5.74) is 5.36. The van der Waals surface area contributed by atoms with Crippen LogP contribution in [-0.2, 0) is 15.8 Å². The Labute approximate surface area is 239 Å². The van der Waals surface area contributed by atoms with Crippen molar-refractivity contribution < 1.29 is 13.9 Å². The predicted octanol–water partition coefficient (Wildman–Crippen LogP) is 6.82. The van der Waals surface area contributed by atoms with Gasteiger partial charge in [0.05, 0.1) is 23.0 Å². The highest BCUT2D eigenvalue weighted by Gasteiger charge is 2.61. The molecule has 5 nitrogen and oxygen atoms in total. The molecule has 1 aromatic heterocycles. The van der Waals surface area contributed by atoms with Crippen molar-refractivity contribution in [2.24, 2.45) is 5.92 Å². The molecule has 1 saturated heterocycles. The highest BCUT2D eigenvalue weighted by Crippen LogP contribution is 2.60. The van der Waals surface area contributed by atoms with E-state index in [1.807, 2.05) is 59.3 Å². The van der Waals surface area contributed by atoms with Crippen molar-refractivity contribution in [2.45, 2.75) is 30.8 Å². The lowest BCUT2D eigenvalue weighted by molar-refractivity contribution is -0.0195. The molecule has 1 amide bonds. The third kappa shape index (κ3) is 4.08. The molecule has 0 unspecified atom stereocenters. The molecular formula is C35H32FN3O2. The van der Waals surface area contributed by atoms with Gasteiger partial charge in [0.1, 0.15) is 5.82 Å². The van der Waals surface area contributed by atoms with Crippen LogP contribution >= 0.6 is 0 Å². The first-order chi connectivity index (χ1) is 19.9. The van der Waals surface area contributed by atoms with Gasteiger partial charge in [-0.05, 0) is 90.9 Å². The number of fused-ring (bicyclic) bond motifs is 2. The monoisotopic (exact) mass is 545 g/mol. The summed E-state index contributed by atoms with van der Waals surface area (Å²) in [6.45, 7) is 3.46. The topological polar surface area (TPSA) is 47.4 Å². The van der Waals surface area contributed by atoms with Crippen LogP contribution in [0.1, 0.15) is 39.9 Å². The Hall–Kier alpha value is -4.29. The molecule has 4 aromatic carbocycles. The number of ether oxygens (including phenoxy) is 1. The second-order valence-corrected chi connectivity index (χ2v) is 11.6. The number of carbonyl (C=O) groups excluding carboxylic acids is 1. The second-order valence-electron chi connectivity index (χ2n) is 11.6. The fourth-order valence-corrected chi connectivity index (χ4v) is 7.47. The number of nitrogens with zero attached hydrogens (tertiary/aromatic N) is 3. The van der Waals surface area contributed by atoms with Gasteiger partial charge in [-0.15, -0.1) is 0 Å². The maximum Gasteiger partial charge on any atom is 0.253 e. The number of hydrogen-bond acceptors (Lipinski definition) is 3. The van der Waals surface area contributed by atoms with E-state index < -0.39 is 5.60 Å². The van der Waals surface area contributed by atoms with E-state index in [1.54, 1.807) is 12.1 Å². The summed E-state index contributed by atoms with van der Waals surface area (Å²) in [5.74, 6) is 0.0227. The predicted molar refractivity (Wildman–Crippen MR) is 158 cm³/mol. The lowest BCUT2D eigenvalue weighted by atomic mass is 9.72. The number of carbonyl (C=O) groups is 1. The molecule has 0 N–H and O–H groups in total. The number of rotatable bonds is 5. The molecule has 1 aliphatic heterocycles. The van der Waals surface area contributed by atoms with E-state index >= 15 is 0 Å². The second kappa shape index (κ2) is 9.67. The van der Waals surface area contributed by atoms with Crippen molar-refractivity contribution in [1.82, 2.24) is 14.7 Å². The molecule has 0 radical (unpaired) electrons. The summed E-state index contributed by atoms with van der Waals surface area (Å²) in [7, 11) is 1.82. The van der Waals surface area contributed by atoms with Gasteiger partial charge in [-0.1, -0.05) is 48.5 Å². The summed E-state index contributed by atoms with van der Waals surface area (Å²) in [4.78, 5) is 15.7. The summed E-state index contributed by atoms with van der Waals surface area (Å²) in [6.07, 6.45) is 3.49. The van der Waals surface area contributed by atoms with Crippen LogP contribution < -0.4 is 0 Å². The smallest absolute Gasteiger partial charge is 0.253 e. The largest absolute Gasteiger partial charge is 0.373 e. The molecule has 6 heteroatoms. The molecule has 206 valence electrons. The molecule has 1 aliphatic carbocycles. The normalized spacial score (nSPS) is 23.7. The highest BCUT2D eigenvalue weighted by atomic mass is 19.1. The Kier molecular flexibility index (Phi) is 6.05. The Morgan fingerprint density at radius 2 is 1.68 bits per heavy atom. The summed E-state index contributed by atoms with van der Waals surface area (Å²) < 4.78 is 21.9. The van der Waals surface area contributed by atoms with Crippen LogP contribution in [0.5, 0.6) is 0 Å². The standard InChI is InChI=1S/C35H32FN3O2/c1-24-17-32-26(20-37-39(32)30-15-13-29(36)14-16-30)18-31(24)34-22-35(41-2,27-11-7-4-8-12-27)19-28(34)21-38(23-34)33(40)25-9-5-3-6-10-25/h3-18,20,28H,19,21-23H2,1-2H3/t28-,34-,35-/m1/s1. The summed E-state index contributed by atoms with van der Waals surface area (Å²) in [6, 6.07) is 30.9. The molecule has 2 fully saturated rings. The van der Waals surface area contributed by atoms with Crippen molar-refractivity contribution in [3.63, 3.8) is 0 Å². The fraction of sp³-hybridized carbons (Fsp3) is 0.257. The van der Waals surface area contributed by atoms with E-state index in [0.717, 1.165) is 40.6 Å². The quantitative estimate of drug-likeness (QED) is 0.244. The third-order valence-electron chi connectivity index (χ3n) is 9.39. The van der Waals surface area contributed by atoms with Crippen LogP contribution in [0.25, 0.3) is 16.6 Å². The van der Waals surface area contributed by atoms with Crippen molar-refractivity contribution in [1.29, 1.82) is 0 Å². The minimum atomic E-state index is -0.437. The van der Waals surface area contributed by atoms with E-state index in [9.17, 15) is 9.18 Å². The lowest BCUT2D eigenvalue weighted by Gasteiger charge is -2.35. The van der Waals surface area contributed by atoms with Crippen molar-refractivity contribution in [3.05, 3.63) is 131 Å². The first kappa shape index (κ1) is 25.7. The van der Waals surface area contributed by atoms with Crippen LogP contribution in [0.15, 0.2) is 103 Å². The third-order valence-corrected chi connectivity index (χ3v) is 9.39. The molecule has 5 aromatic rings. The molecule has 0 spiro atoms. The van der Waals surface area contributed by atoms with E-state index in [2.05, 4.69) is 48.4 Å².